The highest BCUT2D eigenvalue weighted by atomic mass is 16.5. The fourth-order valence-electron chi connectivity index (χ4n) is 2.56. The first kappa shape index (κ1) is 15.0. The summed E-state index contributed by atoms with van der Waals surface area (Å²) in [6.07, 6.45) is 8.96. The van der Waals surface area contributed by atoms with Gasteiger partial charge in [-0.1, -0.05) is 25.7 Å². The highest BCUT2D eigenvalue weighted by Gasteiger charge is 2.24. The summed E-state index contributed by atoms with van der Waals surface area (Å²) in [5, 5.41) is 0. The molecule has 2 nitrogen and oxygen atoms in total. The normalized spacial score (nSPS) is 27.2. The molecule has 1 fully saturated rings. The lowest BCUT2D eigenvalue weighted by Crippen LogP contribution is -2.32. The van der Waals surface area contributed by atoms with Crippen LogP contribution in [0.25, 0.3) is 0 Å². The number of rotatable bonds is 5. The monoisotopic (exact) mass is 242 g/mol. The third kappa shape index (κ3) is 6.42. The number of hydrogen-bond donors (Lipinski definition) is 0. The second-order valence-corrected chi connectivity index (χ2v) is 5.86. The zero-order valence-electron chi connectivity index (χ0n) is 12.1. The number of ether oxygens (including phenoxy) is 2. The zero-order valence-corrected chi connectivity index (χ0v) is 12.1. The molecule has 2 heteroatoms. The van der Waals surface area contributed by atoms with Crippen molar-refractivity contribution < 1.29 is 9.47 Å². The van der Waals surface area contributed by atoms with Crippen molar-refractivity contribution in [1.29, 1.82) is 0 Å². The Kier molecular flexibility index (Phi) is 7.14. The van der Waals surface area contributed by atoms with Crippen LogP contribution in [0.5, 0.6) is 0 Å². The minimum Gasteiger partial charge on any atom is -0.378 e. The van der Waals surface area contributed by atoms with Gasteiger partial charge in [0.25, 0.3) is 0 Å². The first-order valence-electron chi connectivity index (χ1n) is 7.36. The molecule has 1 rings (SSSR count). The van der Waals surface area contributed by atoms with E-state index >= 15 is 0 Å². The van der Waals surface area contributed by atoms with E-state index in [1.807, 2.05) is 0 Å². The Morgan fingerprint density at radius 3 is 2.12 bits per heavy atom. The highest BCUT2D eigenvalue weighted by molar-refractivity contribution is 4.74. The van der Waals surface area contributed by atoms with Crippen molar-refractivity contribution in [2.75, 3.05) is 6.61 Å². The van der Waals surface area contributed by atoms with E-state index in [-0.39, 0.29) is 0 Å². The molecule has 0 bridgehead atoms. The molecule has 1 saturated carbocycles. The van der Waals surface area contributed by atoms with E-state index in [1.165, 1.54) is 38.5 Å². The fraction of sp³-hybridized carbons (Fsp3) is 1.00. The van der Waals surface area contributed by atoms with Gasteiger partial charge in [-0.05, 0) is 40.5 Å². The largest absolute Gasteiger partial charge is 0.378 e. The van der Waals surface area contributed by atoms with E-state index in [9.17, 15) is 0 Å². The van der Waals surface area contributed by atoms with Crippen molar-refractivity contribution in [2.24, 2.45) is 5.92 Å². The van der Waals surface area contributed by atoms with Crippen LogP contribution in [0.1, 0.15) is 66.2 Å². The van der Waals surface area contributed by atoms with Crippen LogP contribution >= 0.6 is 0 Å². The summed E-state index contributed by atoms with van der Waals surface area (Å²) in [6, 6.07) is 0. The molecule has 0 N–H and O–H groups in total. The molecule has 0 spiro atoms. The highest BCUT2D eigenvalue weighted by Crippen LogP contribution is 2.26. The molecule has 102 valence electrons. The predicted molar refractivity (Wildman–Crippen MR) is 72.3 cm³/mol. The van der Waals surface area contributed by atoms with Gasteiger partial charge in [-0.3, -0.25) is 0 Å². The first-order valence-corrected chi connectivity index (χ1v) is 7.36. The third-order valence-corrected chi connectivity index (χ3v) is 3.43. The summed E-state index contributed by atoms with van der Waals surface area (Å²) in [7, 11) is 0. The van der Waals surface area contributed by atoms with Crippen molar-refractivity contribution in [3.05, 3.63) is 0 Å². The Morgan fingerprint density at radius 1 is 0.882 bits per heavy atom. The molecule has 0 amide bonds. The maximum Gasteiger partial charge on any atom is 0.0628 e. The molecule has 2 unspecified atom stereocenters. The molecular formula is C15H30O2. The molecule has 2 atom stereocenters. The van der Waals surface area contributed by atoms with Gasteiger partial charge in [0.15, 0.2) is 0 Å². The summed E-state index contributed by atoms with van der Waals surface area (Å²) < 4.78 is 11.9. The maximum absolute atomic E-state index is 6.09. The smallest absolute Gasteiger partial charge is 0.0628 e. The average molecular weight is 242 g/mol. The lowest BCUT2D eigenvalue weighted by Gasteiger charge is -2.31. The lowest BCUT2D eigenvalue weighted by molar-refractivity contribution is -0.0681. The van der Waals surface area contributed by atoms with Crippen LogP contribution in [-0.2, 0) is 9.47 Å². The maximum atomic E-state index is 6.09. The molecule has 0 heterocycles. The molecule has 0 radical (unpaired) electrons. The van der Waals surface area contributed by atoms with Gasteiger partial charge < -0.3 is 9.47 Å². The summed E-state index contributed by atoms with van der Waals surface area (Å²) in [5.41, 5.74) is 0. The van der Waals surface area contributed by atoms with Crippen LogP contribution < -0.4 is 0 Å². The Balaban J connectivity index is 2.48. The molecule has 0 saturated heterocycles. The van der Waals surface area contributed by atoms with Gasteiger partial charge in [0, 0.05) is 5.92 Å². The quantitative estimate of drug-likeness (QED) is 0.720. The Morgan fingerprint density at radius 2 is 1.53 bits per heavy atom. The van der Waals surface area contributed by atoms with Gasteiger partial charge in [-0.2, -0.15) is 0 Å². The molecule has 0 aromatic heterocycles. The van der Waals surface area contributed by atoms with Gasteiger partial charge in [-0.15, -0.1) is 0 Å². The minimum absolute atomic E-state index is 0.333. The standard InChI is InChI=1S/C15H30O2/c1-12(2)16-11-14-9-7-5-6-8-10-15(14)17-13(3)4/h12-15H,5-11H2,1-4H3. The van der Waals surface area contributed by atoms with Gasteiger partial charge in [-0.25, -0.2) is 0 Å². The van der Waals surface area contributed by atoms with Crippen LogP contribution in [0, 0.1) is 5.92 Å². The molecule has 1 aliphatic rings. The van der Waals surface area contributed by atoms with Crippen molar-refractivity contribution >= 4 is 0 Å². The van der Waals surface area contributed by atoms with Gasteiger partial charge in [0.1, 0.15) is 0 Å². The van der Waals surface area contributed by atoms with Crippen LogP contribution in [0.2, 0.25) is 0 Å². The summed E-state index contributed by atoms with van der Waals surface area (Å²) >= 11 is 0. The third-order valence-electron chi connectivity index (χ3n) is 3.43. The first-order chi connectivity index (χ1) is 8.09. The second-order valence-electron chi connectivity index (χ2n) is 5.86. The topological polar surface area (TPSA) is 18.5 Å². The average Bonchev–Trinajstić information content (AvgIpc) is 2.20. The molecular weight excluding hydrogens is 212 g/mol. The van der Waals surface area contributed by atoms with E-state index in [4.69, 9.17) is 9.47 Å². The van der Waals surface area contributed by atoms with Crippen LogP contribution in [0.3, 0.4) is 0 Å². The summed E-state index contributed by atoms with van der Waals surface area (Å²) in [5.74, 6) is 0.597. The lowest BCUT2D eigenvalue weighted by atomic mass is 9.89. The fourth-order valence-corrected chi connectivity index (χ4v) is 2.56. The van der Waals surface area contributed by atoms with E-state index in [2.05, 4.69) is 27.7 Å². The van der Waals surface area contributed by atoms with E-state index in [0.717, 1.165) is 6.61 Å². The zero-order chi connectivity index (χ0) is 12.7. The van der Waals surface area contributed by atoms with Crippen LogP contribution in [-0.4, -0.2) is 24.9 Å². The van der Waals surface area contributed by atoms with Crippen molar-refractivity contribution in [1.82, 2.24) is 0 Å². The van der Waals surface area contributed by atoms with Gasteiger partial charge in [0.2, 0.25) is 0 Å². The van der Waals surface area contributed by atoms with E-state index in [1.54, 1.807) is 0 Å². The van der Waals surface area contributed by atoms with Crippen LogP contribution in [0.15, 0.2) is 0 Å². The Bertz CT molecular complexity index is 189. The molecule has 1 aliphatic carbocycles. The molecule has 0 aliphatic heterocycles. The predicted octanol–water partition coefficient (Wildman–Crippen LogP) is 4.18. The summed E-state index contributed by atoms with van der Waals surface area (Å²) in [6.45, 7) is 9.37. The minimum atomic E-state index is 0.333. The second kappa shape index (κ2) is 8.10. The number of hydrogen-bond acceptors (Lipinski definition) is 2. The van der Waals surface area contributed by atoms with Crippen molar-refractivity contribution in [3.63, 3.8) is 0 Å². The Hall–Kier alpha value is -0.0800. The van der Waals surface area contributed by atoms with Gasteiger partial charge in [0.05, 0.1) is 24.9 Å². The van der Waals surface area contributed by atoms with E-state index in [0.29, 0.717) is 24.2 Å². The Labute approximate surface area is 107 Å². The van der Waals surface area contributed by atoms with Crippen molar-refractivity contribution in [3.8, 4) is 0 Å². The molecule has 17 heavy (non-hydrogen) atoms. The van der Waals surface area contributed by atoms with Crippen molar-refractivity contribution in [2.45, 2.75) is 84.5 Å². The van der Waals surface area contributed by atoms with E-state index < -0.39 is 0 Å². The van der Waals surface area contributed by atoms with Gasteiger partial charge >= 0.3 is 0 Å². The summed E-state index contributed by atoms with van der Waals surface area (Å²) in [4.78, 5) is 0. The molecule has 0 aromatic carbocycles. The molecule has 0 aromatic rings. The SMILES string of the molecule is CC(C)OCC1CCCCCCC1OC(C)C. The van der Waals surface area contributed by atoms with Crippen LogP contribution in [0.4, 0.5) is 0 Å².